The van der Waals surface area contributed by atoms with Crippen molar-refractivity contribution in [1.82, 2.24) is 24.8 Å². The lowest BCUT2D eigenvalue weighted by Crippen LogP contribution is -2.43. The Kier molecular flexibility index (Phi) is 7.39. The molecule has 0 fully saturated rings. The number of para-hydroxylation sites is 2. The monoisotopic (exact) mass is 421 g/mol. The summed E-state index contributed by atoms with van der Waals surface area (Å²) in [5, 5.41) is 2.93. The number of aryl methyl sites for hydroxylation is 1. The van der Waals surface area contributed by atoms with Gasteiger partial charge in [-0.15, -0.1) is 0 Å². The molecule has 0 aliphatic heterocycles. The minimum Gasteiger partial charge on any atom is -0.352 e. The zero-order valence-electron chi connectivity index (χ0n) is 18.7. The van der Waals surface area contributed by atoms with Crippen molar-refractivity contribution in [3.8, 4) is 0 Å². The fourth-order valence-electron chi connectivity index (χ4n) is 3.94. The Morgan fingerprint density at radius 3 is 2.39 bits per heavy atom. The van der Waals surface area contributed by atoms with Crippen LogP contribution in [0.15, 0.2) is 48.8 Å². The number of carbonyl (C=O) groups excluding carboxylic acids is 2. The Bertz CT molecular complexity index is 1020. The average Bonchev–Trinajstić information content (AvgIpc) is 3.08. The summed E-state index contributed by atoms with van der Waals surface area (Å²) in [7, 11) is 0. The van der Waals surface area contributed by atoms with Gasteiger partial charge in [0.1, 0.15) is 12.4 Å². The first-order valence-corrected chi connectivity index (χ1v) is 10.8. The molecule has 2 heterocycles. The van der Waals surface area contributed by atoms with Gasteiger partial charge >= 0.3 is 0 Å². The van der Waals surface area contributed by atoms with Gasteiger partial charge in [0.2, 0.25) is 5.91 Å². The van der Waals surface area contributed by atoms with Gasteiger partial charge < -0.3 is 14.8 Å². The maximum atomic E-state index is 13.1. The van der Waals surface area contributed by atoms with Crippen LogP contribution in [0.25, 0.3) is 11.0 Å². The van der Waals surface area contributed by atoms with E-state index in [1.54, 1.807) is 24.5 Å². The average molecular weight is 422 g/mol. The van der Waals surface area contributed by atoms with Crippen LogP contribution in [0.3, 0.4) is 0 Å². The van der Waals surface area contributed by atoms with Crippen LogP contribution >= 0.6 is 0 Å². The minimum atomic E-state index is -0.115. The number of benzene rings is 1. The quantitative estimate of drug-likeness (QED) is 0.537. The Morgan fingerprint density at radius 1 is 1.03 bits per heavy atom. The summed E-state index contributed by atoms with van der Waals surface area (Å²) < 4.78 is 2.01. The van der Waals surface area contributed by atoms with E-state index in [2.05, 4.69) is 10.3 Å². The first kappa shape index (κ1) is 22.5. The number of aromatic nitrogens is 3. The number of nitrogens with one attached hydrogen (secondary N) is 1. The Balaban J connectivity index is 1.70. The lowest BCUT2D eigenvalue weighted by atomic mass is 10.2. The topological polar surface area (TPSA) is 80.1 Å². The molecule has 0 aliphatic carbocycles. The Morgan fingerprint density at radius 2 is 1.71 bits per heavy atom. The number of nitrogens with zero attached hydrogens (tertiary/aromatic N) is 4. The van der Waals surface area contributed by atoms with E-state index in [9.17, 15) is 9.59 Å². The summed E-state index contributed by atoms with van der Waals surface area (Å²) in [6.45, 7) is 8.94. The minimum absolute atomic E-state index is 0.0837. The van der Waals surface area contributed by atoms with Crippen LogP contribution in [-0.4, -0.2) is 49.9 Å². The number of hydrogen-bond donors (Lipinski definition) is 1. The maximum absolute atomic E-state index is 13.1. The molecule has 0 unspecified atom stereocenters. The van der Waals surface area contributed by atoms with E-state index >= 15 is 0 Å². The lowest BCUT2D eigenvalue weighted by molar-refractivity contribution is -0.135. The van der Waals surface area contributed by atoms with Crippen molar-refractivity contribution in [2.24, 2.45) is 0 Å². The van der Waals surface area contributed by atoms with E-state index in [4.69, 9.17) is 4.98 Å². The third kappa shape index (κ3) is 5.48. The van der Waals surface area contributed by atoms with Crippen LogP contribution in [0, 0.1) is 0 Å². The molecule has 7 nitrogen and oxygen atoms in total. The van der Waals surface area contributed by atoms with Gasteiger partial charge in [-0.25, -0.2) is 4.98 Å². The van der Waals surface area contributed by atoms with Crippen LogP contribution in [-0.2, 0) is 17.8 Å². The van der Waals surface area contributed by atoms with E-state index in [0.717, 1.165) is 23.3 Å². The fraction of sp³-hybridized carbons (Fsp3) is 0.417. The lowest BCUT2D eigenvalue weighted by Gasteiger charge is -2.31. The highest BCUT2D eigenvalue weighted by Crippen LogP contribution is 2.18. The molecule has 164 valence electrons. The van der Waals surface area contributed by atoms with Gasteiger partial charge in [-0.05, 0) is 58.4 Å². The highest BCUT2D eigenvalue weighted by molar-refractivity contribution is 5.93. The molecule has 3 aromatic rings. The van der Waals surface area contributed by atoms with Crippen molar-refractivity contribution in [1.29, 1.82) is 0 Å². The zero-order chi connectivity index (χ0) is 22.4. The third-order valence-electron chi connectivity index (χ3n) is 5.23. The third-order valence-corrected chi connectivity index (χ3v) is 5.23. The van der Waals surface area contributed by atoms with Gasteiger partial charge in [0.25, 0.3) is 5.91 Å². The molecule has 0 saturated heterocycles. The molecule has 1 N–H and O–H groups in total. The molecule has 0 radical (unpaired) electrons. The number of rotatable bonds is 9. The molecule has 31 heavy (non-hydrogen) atoms. The summed E-state index contributed by atoms with van der Waals surface area (Å²) in [6.07, 6.45) is 4.60. The second-order valence-electron chi connectivity index (χ2n) is 8.19. The van der Waals surface area contributed by atoms with Crippen LogP contribution in [0.4, 0.5) is 0 Å². The van der Waals surface area contributed by atoms with E-state index in [1.807, 2.05) is 61.4 Å². The largest absolute Gasteiger partial charge is 0.352 e. The van der Waals surface area contributed by atoms with Crippen molar-refractivity contribution >= 4 is 22.8 Å². The smallest absolute Gasteiger partial charge is 0.251 e. The van der Waals surface area contributed by atoms with Gasteiger partial charge in [0.05, 0.1) is 11.0 Å². The normalized spacial score (nSPS) is 11.3. The molecule has 7 heteroatoms. The van der Waals surface area contributed by atoms with Crippen molar-refractivity contribution in [2.75, 3.05) is 6.54 Å². The first-order chi connectivity index (χ1) is 14.9. The van der Waals surface area contributed by atoms with Crippen LogP contribution in [0.1, 0.15) is 50.3 Å². The molecule has 2 amide bonds. The predicted molar refractivity (Wildman–Crippen MR) is 122 cm³/mol. The number of imidazole rings is 1. The molecule has 0 atom stereocenters. The number of fused-ring (bicyclic) bond motifs is 1. The predicted octanol–water partition coefficient (Wildman–Crippen LogP) is 3.44. The SMILES string of the molecule is CC(C)N(C(=O)Cn1c(CCCNC(=O)c2ccncc2)nc2ccccc21)C(C)C. The van der Waals surface area contributed by atoms with E-state index in [-0.39, 0.29) is 30.4 Å². The van der Waals surface area contributed by atoms with Crippen molar-refractivity contribution in [3.63, 3.8) is 0 Å². The van der Waals surface area contributed by atoms with Gasteiger partial charge in [-0.3, -0.25) is 14.6 Å². The molecule has 1 aromatic carbocycles. The van der Waals surface area contributed by atoms with E-state index < -0.39 is 0 Å². The van der Waals surface area contributed by atoms with Crippen LogP contribution in [0.5, 0.6) is 0 Å². The van der Waals surface area contributed by atoms with Gasteiger partial charge in [0.15, 0.2) is 0 Å². The van der Waals surface area contributed by atoms with Gasteiger partial charge in [-0.2, -0.15) is 0 Å². The Labute approximate surface area is 183 Å². The van der Waals surface area contributed by atoms with Gasteiger partial charge in [-0.1, -0.05) is 12.1 Å². The summed E-state index contributed by atoms with van der Waals surface area (Å²) >= 11 is 0. The fourth-order valence-corrected chi connectivity index (χ4v) is 3.94. The summed E-state index contributed by atoms with van der Waals surface area (Å²) in [5.41, 5.74) is 2.43. The highest BCUT2D eigenvalue weighted by atomic mass is 16.2. The zero-order valence-corrected chi connectivity index (χ0v) is 18.7. The highest BCUT2D eigenvalue weighted by Gasteiger charge is 2.22. The van der Waals surface area contributed by atoms with Crippen molar-refractivity contribution in [3.05, 3.63) is 60.2 Å². The molecule has 0 saturated carbocycles. The Hall–Kier alpha value is -3.22. The second-order valence-corrected chi connectivity index (χ2v) is 8.19. The van der Waals surface area contributed by atoms with E-state index in [1.165, 1.54) is 0 Å². The maximum Gasteiger partial charge on any atom is 0.251 e. The van der Waals surface area contributed by atoms with Crippen LogP contribution in [0.2, 0.25) is 0 Å². The van der Waals surface area contributed by atoms with Crippen LogP contribution < -0.4 is 5.32 Å². The molecular formula is C24H31N5O2. The second kappa shape index (κ2) is 10.2. The van der Waals surface area contributed by atoms with Crippen molar-refractivity contribution in [2.45, 2.75) is 59.2 Å². The number of hydrogen-bond acceptors (Lipinski definition) is 4. The van der Waals surface area contributed by atoms with E-state index in [0.29, 0.717) is 18.5 Å². The standard InChI is InChI=1S/C24H31N5O2/c1-17(2)29(18(3)4)23(30)16-28-21-9-6-5-8-20(21)27-22(28)10-7-13-26-24(31)19-11-14-25-15-12-19/h5-6,8-9,11-12,14-15,17-18H,7,10,13,16H2,1-4H3,(H,26,31). The van der Waals surface area contributed by atoms with Gasteiger partial charge in [0, 0.05) is 43.0 Å². The number of carbonyl (C=O) groups is 2. The molecule has 0 spiro atoms. The number of amides is 2. The summed E-state index contributed by atoms with van der Waals surface area (Å²) in [6, 6.07) is 11.5. The molecule has 3 rings (SSSR count). The number of pyridine rings is 1. The summed E-state index contributed by atoms with van der Waals surface area (Å²) in [4.78, 5) is 35.9. The first-order valence-electron chi connectivity index (χ1n) is 10.8. The van der Waals surface area contributed by atoms with Crippen molar-refractivity contribution < 1.29 is 9.59 Å². The summed E-state index contributed by atoms with van der Waals surface area (Å²) in [5.74, 6) is 0.830. The molecule has 0 bridgehead atoms. The molecule has 0 aliphatic rings. The molecule has 2 aromatic heterocycles. The molecular weight excluding hydrogens is 390 g/mol.